The summed E-state index contributed by atoms with van der Waals surface area (Å²) >= 11 is 1.40. The van der Waals surface area contributed by atoms with E-state index in [0.29, 0.717) is 15.6 Å². The Kier molecular flexibility index (Phi) is 5.53. The second-order valence-electron chi connectivity index (χ2n) is 5.64. The van der Waals surface area contributed by atoms with Crippen LogP contribution in [0.2, 0.25) is 0 Å². The zero-order valence-electron chi connectivity index (χ0n) is 15.5. The minimum Gasteiger partial charge on any atom is -0.310 e. The van der Waals surface area contributed by atoms with E-state index in [1.807, 2.05) is 38.1 Å². The molecule has 3 aromatic heterocycles. The highest BCUT2D eigenvalue weighted by atomic mass is 32.2. The second kappa shape index (κ2) is 7.59. The van der Waals surface area contributed by atoms with Gasteiger partial charge < -0.3 is 4.57 Å². The standard InChI is InChI=1S/C16H11F3N4OS2.C2H6/c1-23-14-9(7-11(21-22-14)16(17,18)19)20-15(23)12-13(26(2)24)8-5-3-4-6-10(8)25-12;1-2/h3-7H,1-2H3;1-2H3. The van der Waals surface area contributed by atoms with Crippen molar-refractivity contribution in [3.63, 3.8) is 0 Å². The summed E-state index contributed by atoms with van der Waals surface area (Å²) in [5.74, 6) is 0.417. The maximum absolute atomic E-state index is 12.9. The highest BCUT2D eigenvalue weighted by molar-refractivity contribution is 7.85. The van der Waals surface area contributed by atoms with Crippen LogP contribution in [0.15, 0.2) is 35.2 Å². The normalized spacial score (nSPS) is 12.8. The molecule has 1 atom stereocenters. The molecule has 0 spiro atoms. The van der Waals surface area contributed by atoms with Gasteiger partial charge in [-0.1, -0.05) is 32.0 Å². The molecule has 4 aromatic rings. The third kappa shape index (κ3) is 3.42. The van der Waals surface area contributed by atoms with Gasteiger partial charge in [-0.2, -0.15) is 13.2 Å². The number of benzene rings is 1. The average Bonchev–Trinajstić information content (AvgIpc) is 3.20. The smallest absolute Gasteiger partial charge is 0.310 e. The number of hydrogen-bond acceptors (Lipinski definition) is 5. The number of rotatable bonds is 2. The van der Waals surface area contributed by atoms with E-state index in [1.54, 1.807) is 17.9 Å². The predicted octanol–water partition coefficient (Wildman–Crippen LogP) is 5.03. The summed E-state index contributed by atoms with van der Waals surface area (Å²) in [5.41, 5.74) is -0.765. The van der Waals surface area contributed by atoms with Gasteiger partial charge in [0.25, 0.3) is 0 Å². The van der Waals surface area contributed by atoms with Gasteiger partial charge in [0.2, 0.25) is 0 Å². The van der Waals surface area contributed by atoms with Crippen LogP contribution in [0.1, 0.15) is 19.5 Å². The zero-order valence-corrected chi connectivity index (χ0v) is 17.2. The number of thiophene rings is 1. The highest BCUT2D eigenvalue weighted by Gasteiger charge is 2.34. The number of alkyl halides is 3. The molecular formula is C18H17F3N4OS2. The molecule has 0 amide bonds. The molecule has 0 aliphatic carbocycles. The molecular weight excluding hydrogens is 409 g/mol. The number of halogens is 3. The van der Waals surface area contributed by atoms with Crippen molar-refractivity contribution in [3.05, 3.63) is 36.0 Å². The minimum absolute atomic E-state index is 0.0927. The molecule has 0 aliphatic rings. The summed E-state index contributed by atoms with van der Waals surface area (Å²) in [4.78, 5) is 5.60. The Morgan fingerprint density at radius 1 is 1.14 bits per heavy atom. The predicted molar refractivity (Wildman–Crippen MR) is 106 cm³/mol. The number of nitrogens with zero attached hydrogens (tertiary/aromatic N) is 4. The van der Waals surface area contributed by atoms with Crippen LogP contribution in [0.5, 0.6) is 0 Å². The first-order chi connectivity index (χ1) is 13.3. The Morgan fingerprint density at radius 2 is 1.82 bits per heavy atom. The van der Waals surface area contributed by atoms with E-state index in [-0.39, 0.29) is 11.2 Å². The number of aryl methyl sites for hydroxylation is 1. The molecule has 0 fully saturated rings. The van der Waals surface area contributed by atoms with Gasteiger partial charge in [0, 0.05) is 29.5 Å². The molecule has 4 rings (SSSR count). The number of aromatic nitrogens is 4. The van der Waals surface area contributed by atoms with Crippen LogP contribution in [0.3, 0.4) is 0 Å². The highest BCUT2D eigenvalue weighted by Crippen LogP contribution is 2.40. The van der Waals surface area contributed by atoms with E-state index in [9.17, 15) is 17.4 Å². The third-order valence-corrected chi connectivity index (χ3v) is 6.24. The fourth-order valence-corrected chi connectivity index (χ4v) is 5.29. The van der Waals surface area contributed by atoms with E-state index in [4.69, 9.17) is 0 Å². The Hall–Kier alpha value is -2.33. The van der Waals surface area contributed by atoms with Gasteiger partial charge in [-0.05, 0) is 6.07 Å². The van der Waals surface area contributed by atoms with Crippen LogP contribution >= 0.6 is 11.3 Å². The first kappa shape index (κ1) is 20.4. The summed E-state index contributed by atoms with van der Waals surface area (Å²) in [6.07, 6.45) is -3.02. The molecule has 3 heterocycles. The molecule has 28 heavy (non-hydrogen) atoms. The van der Waals surface area contributed by atoms with Crippen molar-refractivity contribution in [1.82, 2.24) is 19.7 Å². The van der Waals surface area contributed by atoms with Crippen LogP contribution in [0.25, 0.3) is 32.0 Å². The lowest BCUT2D eigenvalue weighted by molar-refractivity contribution is -0.141. The lowest BCUT2D eigenvalue weighted by atomic mass is 10.2. The first-order valence-corrected chi connectivity index (χ1v) is 10.8. The van der Waals surface area contributed by atoms with Crippen molar-refractivity contribution in [2.45, 2.75) is 24.9 Å². The van der Waals surface area contributed by atoms with E-state index in [1.165, 1.54) is 11.3 Å². The minimum atomic E-state index is -4.59. The van der Waals surface area contributed by atoms with Gasteiger partial charge in [0.1, 0.15) is 5.52 Å². The second-order valence-corrected chi connectivity index (χ2v) is 8.01. The fraction of sp³-hybridized carbons (Fsp3) is 0.278. The van der Waals surface area contributed by atoms with Gasteiger partial charge in [0.15, 0.2) is 17.2 Å². The lowest BCUT2D eigenvalue weighted by Crippen LogP contribution is -2.09. The topological polar surface area (TPSA) is 60.7 Å². The maximum atomic E-state index is 12.9. The van der Waals surface area contributed by atoms with Crippen LogP contribution in [-0.4, -0.2) is 30.2 Å². The summed E-state index contributed by atoms with van der Waals surface area (Å²) in [6, 6.07) is 8.38. The fourth-order valence-electron chi connectivity index (χ4n) is 2.78. The molecule has 0 saturated carbocycles. The van der Waals surface area contributed by atoms with Crippen molar-refractivity contribution in [2.24, 2.45) is 7.05 Å². The van der Waals surface area contributed by atoms with E-state index >= 15 is 0 Å². The van der Waals surface area contributed by atoms with E-state index in [2.05, 4.69) is 15.2 Å². The SMILES string of the molecule is CC.Cn1c(-c2sc3ccccc3c2S(C)=O)nc2cc(C(F)(F)F)nnc21. The molecule has 1 unspecified atom stereocenters. The number of fused-ring (bicyclic) bond motifs is 2. The average molecular weight is 426 g/mol. The zero-order chi connectivity index (χ0) is 20.6. The molecule has 0 saturated heterocycles. The Labute approximate surface area is 165 Å². The van der Waals surface area contributed by atoms with E-state index < -0.39 is 22.7 Å². The van der Waals surface area contributed by atoms with Gasteiger partial charge in [-0.25, -0.2) is 4.98 Å². The third-order valence-electron chi connectivity index (χ3n) is 3.95. The largest absolute Gasteiger partial charge is 0.435 e. The quantitative estimate of drug-likeness (QED) is 0.451. The van der Waals surface area contributed by atoms with Crippen molar-refractivity contribution in [2.75, 3.05) is 6.26 Å². The summed E-state index contributed by atoms with van der Waals surface area (Å²) in [7, 11) is 0.360. The number of imidazole rings is 1. The molecule has 0 N–H and O–H groups in total. The van der Waals surface area contributed by atoms with Gasteiger partial charge in [-0.3, -0.25) is 4.21 Å². The van der Waals surface area contributed by atoms with Crippen LogP contribution in [0, 0.1) is 0 Å². The molecule has 0 bridgehead atoms. The molecule has 1 aromatic carbocycles. The molecule has 5 nitrogen and oxygen atoms in total. The Morgan fingerprint density at radius 3 is 2.46 bits per heavy atom. The lowest BCUT2D eigenvalue weighted by Gasteiger charge is -2.03. The van der Waals surface area contributed by atoms with Gasteiger partial charge in [-0.15, -0.1) is 21.5 Å². The summed E-state index contributed by atoms with van der Waals surface area (Å²) in [6.45, 7) is 4.00. The van der Waals surface area contributed by atoms with Gasteiger partial charge >= 0.3 is 6.18 Å². The molecule has 10 heteroatoms. The van der Waals surface area contributed by atoms with Crippen molar-refractivity contribution in [3.8, 4) is 10.7 Å². The monoisotopic (exact) mass is 426 g/mol. The first-order valence-electron chi connectivity index (χ1n) is 8.40. The van der Waals surface area contributed by atoms with Crippen molar-refractivity contribution < 1.29 is 17.4 Å². The van der Waals surface area contributed by atoms with E-state index in [0.717, 1.165) is 16.2 Å². The van der Waals surface area contributed by atoms with Crippen molar-refractivity contribution in [1.29, 1.82) is 0 Å². The Balaban J connectivity index is 0.00000109. The summed E-state index contributed by atoms with van der Waals surface area (Å²) < 4.78 is 53.5. The Bertz CT molecular complexity index is 1180. The maximum Gasteiger partial charge on any atom is 0.435 e. The molecule has 148 valence electrons. The number of hydrogen-bond donors (Lipinski definition) is 0. The van der Waals surface area contributed by atoms with Crippen LogP contribution in [-0.2, 0) is 24.0 Å². The molecule has 0 radical (unpaired) electrons. The molecule has 0 aliphatic heterocycles. The van der Waals surface area contributed by atoms with Crippen LogP contribution < -0.4 is 0 Å². The van der Waals surface area contributed by atoms with Gasteiger partial charge in [0.05, 0.1) is 20.6 Å². The van der Waals surface area contributed by atoms with Crippen LogP contribution in [0.4, 0.5) is 13.2 Å². The van der Waals surface area contributed by atoms with Crippen molar-refractivity contribution >= 4 is 43.4 Å². The summed E-state index contributed by atoms with van der Waals surface area (Å²) in [5, 5.41) is 7.78.